The molecule has 0 spiro atoms. The fourth-order valence-electron chi connectivity index (χ4n) is 4.63. The molecule has 0 saturated carbocycles. The lowest BCUT2D eigenvalue weighted by atomic mass is 10.0. The minimum absolute atomic E-state index is 0.917. The molecule has 0 N–H and O–H groups in total. The van der Waals surface area contributed by atoms with Crippen molar-refractivity contribution in [3.8, 4) is 28.2 Å². The van der Waals surface area contributed by atoms with Gasteiger partial charge in [0.1, 0.15) is 17.0 Å². The maximum atomic E-state index is 5.88. The van der Waals surface area contributed by atoms with Crippen LogP contribution in [0.1, 0.15) is 0 Å². The van der Waals surface area contributed by atoms with Gasteiger partial charge in [0.15, 0.2) is 0 Å². The van der Waals surface area contributed by atoms with Crippen LogP contribution in [0.15, 0.2) is 114 Å². The van der Waals surface area contributed by atoms with Crippen molar-refractivity contribution in [2.45, 2.75) is 0 Å². The molecular formula is C29H18N2O. The first-order chi connectivity index (χ1) is 15.8. The number of fused-ring (bicyclic) bond motifs is 6. The average Bonchev–Trinajstić information content (AvgIpc) is 3.57. The van der Waals surface area contributed by atoms with Crippen molar-refractivity contribution in [2.24, 2.45) is 0 Å². The van der Waals surface area contributed by atoms with E-state index in [4.69, 9.17) is 9.40 Å². The van der Waals surface area contributed by atoms with Gasteiger partial charge in [0.25, 0.3) is 0 Å². The van der Waals surface area contributed by atoms with Crippen LogP contribution in [0.5, 0.6) is 0 Å². The van der Waals surface area contributed by atoms with Gasteiger partial charge >= 0.3 is 0 Å². The van der Waals surface area contributed by atoms with Gasteiger partial charge in [0.05, 0.1) is 11.0 Å². The van der Waals surface area contributed by atoms with E-state index in [9.17, 15) is 0 Å². The molecule has 3 nitrogen and oxygen atoms in total. The Morgan fingerprint density at radius 3 is 1.88 bits per heavy atom. The summed E-state index contributed by atoms with van der Waals surface area (Å²) in [4.78, 5) is 5.08. The van der Waals surface area contributed by atoms with Crippen LogP contribution in [-0.4, -0.2) is 9.55 Å². The highest BCUT2D eigenvalue weighted by Gasteiger charge is 2.18. The summed E-state index contributed by atoms with van der Waals surface area (Å²) < 4.78 is 8.13. The third-order valence-corrected chi connectivity index (χ3v) is 6.20. The fourth-order valence-corrected chi connectivity index (χ4v) is 4.63. The summed E-state index contributed by atoms with van der Waals surface area (Å²) in [6, 6.07) is 38.0. The summed E-state index contributed by atoms with van der Waals surface area (Å²) in [5, 5.41) is 2.26. The Labute approximate surface area is 184 Å². The molecule has 0 aliphatic carbocycles. The minimum Gasteiger partial charge on any atom is -0.456 e. The second-order valence-corrected chi connectivity index (χ2v) is 8.10. The first-order valence-electron chi connectivity index (χ1n) is 10.7. The Morgan fingerprint density at radius 2 is 1.16 bits per heavy atom. The van der Waals surface area contributed by atoms with E-state index >= 15 is 0 Å². The summed E-state index contributed by atoms with van der Waals surface area (Å²) in [6.07, 6.45) is 0. The SMILES string of the molecule is c1ccc(-c2ccc(-c3nc4cc5c6ccc(o6)c5cc4n3-c3ccccc3)cc2)cc1. The zero-order chi connectivity index (χ0) is 21.1. The van der Waals surface area contributed by atoms with Gasteiger partial charge in [-0.2, -0.15) is 0 Å². The maximum Gasteiger partial charge on any atom is 0.145 e. The molecule has 0 atom stereocenters. The van der Waals surface area contributed by atoms with Gasteiger partial charge < -0.3 is 4.42 Å². The van der Waals surface area contributed by atoms with E-state index < -0.39 is 0 Å². The molecule has 0 aliphatic rings. The molecule has 3 heterocycles. The van der Waals surface area contributed by atoms with Crippen LogP contribution in [0, 0.1) is 0 Å². The predicted octanol–water partition coefficient (Wildman–Crippen LogP) is 7.70. The van der Waals surface area contributed by atoms with E-state index in [1.807, 2.05) is 24.3 Å². The highest BCUT2D eigenvalue weighted by atomic mass is 16.3. The van der Waals surface area contributed by atoms with Gasteiger partial charge in [0, 0.05) is 22.0 Å². The number of nitrogens with zero attached hydrogens (tertiary/aromatic N) is 2. The maximum absolute atomic E-state index is 5.88. The summed E-state index contributed by atoms with van der Waals surface area (Å²) >= 11 is 0. The lowest BCUT2D eigenvalue weighted by Crippen LogP contribution is -1.97. The van der Waals surface area contributed by atoms with E-state index in [1.54, 1.807) is 0 Å². The van der Waals surface area contributed by atoms with Crippen molar-refractivity contribution in [3.63, 3.8) is 0 Å². The Hall–Kier alpha value is -4.37. The number of hydrogen-bond donors (Lipinski definition) is 0. The Morgan fingerprint density at radius 1 is 0.562 bits per heavy atom. The van der Waals surface area contributed by atoms with Crippen molar-refractivity contribution >= 4 is 33.0 Å². The first-order valence-corrected chi connectivity index (χ1v) is 10.7. The zero-order valence-corrected chi connectivity index (χ0v) is 17.2. The van der Waals surface area contributed by atoms with E-state index in [-0.39, 0.29) is 0 Å². The summed E-state index contributed by atoms with van der Waals surface area (Å²) in [7, 11) is 0. The molecule has 3 aromatic heterocycles. The molecule has 0 saturated heterocycles. The lowest BCUT2D eigenvalue weighted by molar-refractivity contribution is 0.679. The predicted molar refractivity (Wildman–Crippen MR) is 130 cm³/mol. The fraction of sp³-hybridized carbons (Fsp3) is 0. The van der Waals surface area contributed by atoms with Gasteiger partial charge in [0.2, 0.25) is 0 Å². The molecule has 4 aromatic carbocycles. The number of aromatic nitrogens is 2. The largest absolute Gasteiger partial charge is 0.456 e. The van der Waals surface area contributed by atoms with Crippen LogP contribution < -0.4 is 0 Å². The molecule has 150 valence electrons. The van der Waals surface area contributed by atoms with Gasteiger partial charge in [-0.3, -0.25) is 4.57 Å². The number of benzene rings is 5. The quantitative estimate of drug-likeness (QED) is 0.299. The van der Waals surface area contributed by atoms with Crippen molar-refractivity contribution < 1.29 is 4.42 Å². The van der Waals surface area contributed by atoms with Crippen molar-refractivity contribution in [1.82, 2.24) is 9.55 Å². The Balaban J connectivity index is 1.47. The van der Waals surface area contributed by atoms with Crippen LogP contribution in [0.2, 0.25) is 0 Å². The van der Waals surface area contributed by atoms with Crippen LogP contribution in [0.3, 0.4) is 0 Å². The third-order valence-electron chi connectivity index (χ3n) is 6.20. The Kier molecular flexibility index (Phi) is 3.55. The smallest absolute Gasteiger partial charge is 0.145 e. The van der Waals surface area contributed by atoms with Crippen molar-refractivity contribution in [2.75, 3.05) is 0 Å². The van der Waals surface area contributed by atoms with Crippen LogP contribution in [-0.2, 0) is 0 Å². The summed E-state index contributed by atoms with van der Waals surface area (Å²) in [5.41, 5.74) is 8.47. The molecule has 0 unspecified atom stereocenters. The molecule has 32 heavy (non-hydrogen) atoms. The molecule has 7 aromatic rings. The first kappa shape index (κ1) is 17.3. The molecule has 0 fully saturated rings. The van der Waals surface area contributed by atoms with Gasteiger partial charge in [-0.1, -0.05) is 72.8 Å². The number of furan rings is 2. The monoisotopic (exact) mass is 410 g/mol. The van der Waals surface area contributed by atoms with Crippen LogP contribution in [0.25, 0.3) is 61.2 Å². The molecule has 2 bridgehead atoms. The van der Waals surface area contributed by atoms with Gasteiger partial charge in [-0.05, 0) is 47.5 Å². The third kappa shape index (κ3) is 2.51. The topological polar surface area (TPSA) is 31.0 Å². The molecule has 0 amide bonds. The molecule has 3 heteroatoms. The van der Waals surface area contributed by atoms with E-state index in [2.05, 4.69) is 89.5 Å². The minimum atomic E-state index is 0.917. The van der Waals surface area contributed by atoms with Crippen LogP contribution >= 0.6 is 0 Å². The standard InChI is InChI=1S/C29H18N2O/c1-3-7-19(8-4-1)20-11-13-21(14-12-20)29-30-25-17-23-24(28-16-15-27(23)32-28)18-26(25)31(29)22-9-5-2-6-10-22/h1-18H. The molecule has 7 rings (SSSR count). The van der Waals surface area contributed by atoms with Crippen molar-refractivity contribution in [3.05, 3.63) is 109 Å². The summed E-state index contributed by atoms with van der Waals surface area (Å²) in [6.45, 7) is 0. The highest BCUT2D eigenvalue weighted by Crippen LogP contribution is 2.37. The number of para-hydroxylation sites is 1. The molecule has 0 radical (unpaired) electrons. The number of hydrogen-bond acceptors (Lipinski definition) is 2. The van der Waals surface area contributed by atoms with Crippen LogP contribution in [0.4, 0.5) is 0 Å². The molecule has 0 aliphatic heterocycles. The van der Waals surface area contributed by atoms with E-state index in [1.165, 1.54) is 11.1 Å². The number of rotatable bonds is 3. The van der Waals surface area contributed by atoms with E-state index in [0.717, 1.165) is 50.0 Å². The zero-order valence-electron chi connectivity index (χ0n) is 17.2. The highest BCUT2D eigenvalue weighted by molar-refractivity contribution is 6.12. The van der Waals surface area contributed by atoms with E-state index in [0.29, 0.717) is 0 Å². The number of imidazole rings is 1. The Bertz CT molecular complexity index is 1690. The second-order valence-electron chi connectivity index (χ2n) is 8.10. The summed E-state index contributed by atoms with van der Waals surface area (Å²) in [5.74, 6) is 0.936. The van der Waals surface area contributed by atoms with Gasteiger partial charge in [-0.15, -0.1) is 0 Å². The van der Waals surface area contributed by atoms with Gasteiger partial charge in [-0.25, -0.2) is 4.98 Å². The van der Waals surface area contributed by atoms with Crippen molar-refractivity contribution in [1.29, 1.82) is 0 Å². The average molecular weight is 410 g/mol. The lowest BCUT2D eigenvalue weighted by Gasteiger charge is -2.10. The molecular weight excluding hydrogens is 392 g/mol. The normalized spacial score (nSPS) is 11.8. The second kappa shape index (κ2) is 6.56.